The van der Waals surface area contributed by atoms with Crippen LogP contribution in [0.4, 0.5) is 8.78 Å². The van der Waals surface area contributed by atoms with Gasteiger partial charge in [0.25, 0.3) is 0 Å². The van der Waals surface area contributed by atoms with E-state index in [2.05, 4.69) is 19.9 Å². The van der Waals surface area contributed by atoms with Crippen LogP contribution in [0.2, 0.25) is 0 Å². The van der Waals surface area contributed by atoms with Gasteiger partial charge in [-0.15, -0.1) is 0 Å². The summed E-state index contributed by atoms with van der Waals surface area (Å²) in [6, 6.07) is 3.78. The Bertz CT molecular complexity index is 655. The van der Waals surface area contributed by atoms with E-state index in [0.29, 0.717) is 17.0 Å². The molecule has 0 saturated heterocycles. The highest BCUT2D eigenvalue weighted by molar-refractivity contribution is 5.68. The minimum absolute atomic E-state index is 0.00971. The van der Waals surface area contributed by atoms with Crippen molar-refractivity contribution in [2.75, 3.05) is 0 Å². The van der Waals surface area contributed by atoms with E-state index >= 15 is 0 Å². The average Bonchev–Trinajstić information content (AvgIpc) is 2.76. The van der Waals surface area contributed by atoms with Crippen LogP contribution in [0.15, 0.2) is 30.7 Å². The summed E-state index contributed by atoms with van der Waals surface area (Å²) in [5.74, 6) is -0.711. The van der Waals surface area contributed by atoms with Gasteiger partial charge in [0.15, 0.2) is 5.65 Å². The molecule has 0 spiro atoms. The van der Waals surface area contributed by atoms with Crippen molar-refractivity contribution >= 4 is 11.2 Å². The molecule has 0 aliphatic carbocycles. The minimum atomic E-state index is -0.582. The second kappa shape index (κ2) is 4.14. The standard InChI is InChI=1S/C12H8F2N4/c13-8-2-1-3-9(14)7(8)4-11-17-10-5-15-6-16-12(10)18-11/h1-3,5-6H,4H2,(H,15,16,17,18). The number of imidazole rings is 1. The molecule has 18 heavy (non-hydrogen) atoms. The van der Waals surface area contributed by atoms with Crippen LogP contribution in [-0.4, -0.2) is 19.9 Å². The summed E-state index contributed by atoms with van der Waals surface area (Å²) in [6.45, 7) is 0. The molecule has 0 aliphatic heterocycles. The van der Waals surface area contributed by atoms with Crippen LogP contribution < -0.4 is 0 Å². The number of H-pyrrole nitrogens is 1. The van der Waals surface area contributed by atoms with Crippen LogP contribution in [0.25, 0.3) is 11.2 Å². The maximum absolute atomic E-state index is 13.5. The van der Waals surface area contributed by atoms with E-state index < -0.39 is 11.6 Å². The second-order valence-corrected chi connectivity index (χ2v) is 3.82. The Hall–Kier alpha value is -2.37. The van der Waals surface area contributed by atoms with Gasteiger partial charge in [0.2, 0.25) is 0 Å². The zero-order valence-corrected chi connectivity index (χ0v) is 9.19. The predicted molar refractivity (Wildman–Crippen MR) is 60.8 cm³/mol. The smallest absolute Gasteiger partial charge is 0.180 e. The zero-order valence-electron chi connectivity index (χ0n) is 9.19. The van der Waals surface area contributed by atoms with E-state index in [1.165, 1.54) is 24.5 Å². The highest BCUT2D eigenvalue weighted by Gasteiger charge is 2.12. The third kappa shape index (κ3) is 1.81. The van der Waals surface area contributed by atoms with Crippen molar-refractivity contribution in [3.63, 3.8) is 0 Å². The molecule has 6 heteroatoms. The molecule has 0 bridgehead atoms. The van der Waals surface area contributed by atoms with E-state index in [1.807, 2.05) is 0 Å². The van der Waals surface area contributed by atoms with Gasteiger partial charge in [-0.1, -0.05) is 6.07 Å². The molecule has 0 unspecified atom stereocenters. The molecular formula is C12H8F2N4. The number of fused-ring (bicyclic) bond motifs is 1. The van der Waals surface area contributed by atoms with Gasteiger partial charge in [0.1, 0.15) is 29.3 Å². The average molecular weight is 246 g/mol. The summed E-state index contributed by atoms with van der Waals surface area (Å²) < 4.78 is 27.0. The number of nitrogens with one attached hydrogen (secondary N) is 1. The summed E-state index contributed by atoms with van der Waals surface area (Å²) in [6.07, 6.45) is 2.99. The van der Waals surface area contributed by atoms with Crippen molar-refractivity contribution in [1.29, 1.82) is 0 Å². The highest BCUT2D eigenvalue weighted by Crippen LogP contribution is 2.16. The fraction of sp³-hybridized carbons (Fsp3) is 0.0833. The summed E-state index contributed by atoms with van der Waals surface area (Å²) in [7, 11) is 0. The second-order valence-electron chi connectivity index (χ2n) is 3.82. The number of halogens is 2. The van der Waals surface area contributed by atoms with Gasteiger partial charge in [-0.25, -0.2) is 23.7 Å². The molecule has 0 atom stereocenters. The Labute approximate surface area is 101 Å². The van der Waals surface area contributed by atoms with E-state index in [-0.39, 0.29) is 12.0 Å². The van der Waals surface area contributed by atoms with Crippen LogP contribution >= 0.6 is 0 Å². The molecule has 90 valence electrons. The predicted octanol–water partition coefficient (Wildman–Crippen LogP) is 2.22. The molecule has 0 amide bonds. The van der Waals surface area contributed by atoms with Crippen molar-refractivity contribution in [2.24, 2.45) is 0 Å². The van der Waals surface area contributed by atoms with Crippen LogP contribution in [0, 0.1) is 11.6 Å². The molecule has 3 aromatic rings. The van der Waals surface area contributed by atoms with Crippen LogP contribution in [0.1, 0.15) is 11.4 Å². The van der Waals surface area contributed by atoms with Gasteiger partial charge in [0, 0.05) is 12.0 Å². The fourth-order valence-electron chi connectivity index (χ4n) is 1.76. The molecule has 0 radical (unpaired) electrons. The van der Waals surface area contributed by atoms with Gasteiger partial charge >= 0.3 is 0 Å². The molecule has 3 rings (SSSR count). The maximum Gasteiger partial charge on any atom is 0.180 e. The van der Waals surface area contributed by atoms with Crippen LogP contribution in [-0.2, 0) is 6.42 Å². The molecule has 1 aromatic carbocycles. The monoisotopic (exact) mass is 246 g/mol. The normalized spacial score (nSPS) is 11.0. The maximum atomic E-state index is 13.5. The quantitative estimate of drug-likeness (QED) is 0.754. The number of nitrogens with zero attached hydrogens (tertiary/aromatic N) is 3. The highest BCUT2D eigenvalue weighted by atomic mass is 19.1. The lowest BCUT2D eigenvalue weighted by molar-refractivity contribution is 0.559. The van der Waals surface area contributed by atoms with Crippen LogP contribution in [0.5, 0.6) is 0 Å². The lowest BCUT2D eigenvalue weighted by atomic mass is 10.1. The molecule has 0 aliphatic rings. The lowest BCUT2D eigenvalue weighted by Crippen LogP contribution is -1.98. The molecule has 0 saturated carbocycles. The van der Waals surface area contributed by atoms with E-state index in [4.69, 9.17) is 0 Å². The van der Waals surface area contributed by atoms with Gasteiger partial charge in [-0.2, -0.15) is 0 Å². The van der Waals surface area contributed by atoms with Crippen molar-refractivity contribution in [3.8, 4) is 0 Å². The molecule has 0 fully saturated rings. The molecular weight excluding hydrogens is 238 g/mol. The van der Waals surface area contributed by atoms with Crippen molar-refractivity contribution in [3.05, 3.63) is 53.7 Å². The Morgan fingerprint density at radius 1 is 1.17 bits per heavy atom. The third-order valence-corrected chi connectivity index (χ3v) is 2.62. The summed E-state index contributed by atoms with van der Waals surface area (Å²) >= 11 is 0. The van der Waals surface area contributed by atoms with E-state index in [1.54, 1.807) is 6.20 Å². The van der Waals surface area contributed by atoms with E-state index in [9.17, 15) is 8.78 Å². The minimum Gasteiger partial charge on any atom is -0.339 e. The largest absolute Gasteiger partial charge is 0.339 e. The third-order valence-electron chi connectivity index (χ3n) is 2.62. The van der Waals surface area contributed by atoms with Gasteiger partial charge in [-0.3, -0.25) is 0 Å². The number of aromatic amines is 1. The Balaban J connectivity index is 2.01. The first-order valence-electron chi connectivity index (χ1n) is 5.31. The molecule has 2 aromatic heterocycles. The number of hydrogen-bond donors (Lipinski definition) is 1. The first-order chi connectivity index (χ1) is 8.74. The lowest BCUT2D eigenvalue weighted by Gasteiger charge is -2.01. The molecule has 4 nitrogen and oxygen atoms in total. The SMILES string of the molecule is Fc1cccc(F)c1Cc1nc2ncncc2[nH]1. The number of hydrogen-bond acceptors (Lipinski definition) is 3. The topological polar surface area (TPSA) is 54.5 Å². The van der Waals surface area contributed by atoms with Crippen LogP contribution in [0.3, 0.4) is 0 Å². The first kappa shape index (κ1) is 10.8. The number of aromatic nitrogens is 4. The van der Waals surface area contributed by atoms with Gasteiger partial charge in [0.05, 0.1) is 6.20 Å². The van der Waals surface area contributed by atoms with Crippen molar-refractivity contribution in [1.82, 2.24) is 19.9 Å². The Kier molecular flexibility index (Phi) is 2.47. The summed E-state index contributed by atoms with van der Waals surface area (Å²) in [5.41, 5.74) is 1.12. The molecule has 2 heterocycles. The Morgan fingerprint density at radius 3 is 2.67 bits per heavy atom. The van der Waals surface area contributed by atoms with E-state index in [0.717, 1.165) is 0 Å². The first-order valence-corrected chi connectivity index (χ1v) is 5.31. The summed E-state index contributed by atoms with van der Waals surface area (Å²) in [4.78, 5) is 14.9. The fourth-order valence-corrected chi connectivity index (χ4v) is 1.76. The zero-order chi connectivity index (χ0) is 12.5. The van der Waals surface area contributed by atoms with Crippen molar-refractivity contribution in [2.45, 2.75) is 6.42 Å². The Morgan fingerprint density at radius 2 is 1.94 bits per heavy atom. The number of benzene rings is 1. The van der Waals surface area contributed by atoms with Gasteiger partial charge in [-0.05, 0) is 12.1 Å². The number of rotatable bonds is 2. The van der Waals surface area contributed by atoms with Crippen molar-refractivity contribution < 1.29 is 8.78 Å². The van der Waals surface area contributed by atoms with Gasteiger partial charge < -0.3 is 4.98 Å². The summed E-state index contributed by atoms with van der Waals surface area (Å²) in [5, 5.41) is 0. The molecule has 1 N–H and O–H groups in total.